The lowest BCUT2D eigenvalue weighted by Gasteiger charge is -2.07. The molecule has 0 heterocycles. The first-order valence-corrected chi connectivity index (χ1v) is 14.1. The molecule has 4 nitrogen and oxygen atoms in total. The molecule has 0 bridgehead atoms. The molecule has 0 N–H and O–H groups in total. The van der Waals surface area contributed by atoms with Gasteiger partial charge in [-0.1, -0.05) is 119 Å². The summed E-state index contributed by atoms with van der Waals surface area (Å²) in [5.41, 5.74) is 0. The van der Waals surface area contributed by atoms with Gasteiger partial charge in [0.25, 0.3) is 0 Å². The van der Waals surface area contributed by atoms with Crippen molar-refractivity contribution < 1.29 is 19.1 Å². The summed E-state index contributed by atoms with van der Waals surface area (Å²) in [6, 6.07) is 2.96. The molecule has 0 spiro atoms. The van der Waals surface area contributed by atoms with E-state index in [2.05, 4.69) is 6.92 Å². The minimum atomic E-state index is -0.316. The summed E-state index contributed by atoms with van der Waals surface area (Å²) in [6.45, 7) is 2.80. The number of esters is 2. The van der Waals surface area contributed by atoms with E-state index in [1.54, 1.807) is 0 Å². The number of benzene rings is 1. The molecule has 0 radical (unpaired) electrons. The van der Waals surface area contributed by atoms with E-state index in [1.807, 2.05) is 0 Å². The summed E-state index contributed by atoms with van der Waals surface area (Å²) >= 11 is 17.8. The number of carbonyl (C=O) groups is 2. The third kappa shape index (κ3) is 15.8. The van der Waals surface area contributed by atoms with Gasteiger partial charge in [0.05, 0.1) is 21.7 Å². The first kappa shape index (κ1) is 31.1. The van der Waals surface area contributed by atoms with Crippen LogP contribution in [0.4, 0.5) is 0 Å². The molecule has 0 aliphatic heterocycles. The van der Waals surface area contributed by atoms with E-state index in [4.69, 9.17) is 44.3 Å². The molecule has 0 aliphatic rings. The van der Waals surface area contributed by atoms with Crippen LogP contribution in [0.3, 0.4) is 0 Å². The Morgan fingerprint density at radius 3 is 1.62 bits per heavy atom. The predicted molar refractivity (Wildman–Crippen MR) is 142 cm³/mol. The van der Waals surface area contributed by atoms with Gasteiger partial charge in [0.1, 0.15) is 5.75 Å². The Labute approximate surface area is 221 Å². The second kappa shape index (κ2) is 20.2. The molecule has 0 aromatic heterocycles. The average molecular weight is 536 g/mol. The highest BCUT2D eigenvalue weighted by Gasteiger charge is 2.10. The van der Waals surface area contributed by atoms with Crippen molar-refractivity contribution in [1.82, 2.24) is 0 Å². The monoisotopic (exact) mass is 534 g/mol. The van der Waals surface area contributed by atoms with Crippen molar-refractivity contribution in [1.29, 1.82) is 0 Å². The number of unbranched alkanes of at least 4 members (excludes halogenated alkanes) is 13. The summed E-state index contributed by atoms with van der Waals surface area (Å²) < 4.78 is 10.6. The molecule has 34 heavy (non-hydrogen) atoms. The zero-order valence-corrected chi connectivity index (χ0v) is 22.9. The normalized spacial score (nSPS) is 10.9. The smallest absolute Gasteiger partial charge is 0.311 e. The molecule has 0 unspecified atom stereocenters. The number of carbonyl (C=O) groups excluding carboxylic acids is 2. The number of hydrogen-bond donors (Lipinski definition) is 0. The van der Waals surface area contributed by atoms with Gasteiger partial charge in [-0.25, -0.2) is 0 Å². The standard InChI is InChI=1S/C27H41Cl3O4/c1-2-3-4-5-6-7-10-13-16-19-33-25(31)17-14-11-8-9-12-15-18-26(32)34-22-20-23(28)27(30)24(29)21-22/h20-21H,2-19H2,1H3. The van der Waals surface area contributed by atoms with Crippen LogP contribution in [0.1, 0.15) is 116 Å². The van der Waals surface area contributed by atoms with Crippen molar-refractivity contribution in [3.63, 3.8) is 0 Å². The van der Waals surface area contributed by atoms with Gasteiger partial charge in [-0.05, 0) is 19.3 Å². The fourth-order valence-corrected chi connectivity index (χ4v) is 4.27. The highest BCUT2D eigenvalue weighted by atomic mass is 35.5. The van der Waals surface area contributed by atoms with Crippen LogP contribution >= 0.6 is 34.8 Å². The molecule has 0 saturated heterocycles. The lowest BCUT2D eigenvalue weighted by molar-refractivity contribution is -0.144. The Morgan fingerprint density at radius 2 is 1.09 bits per heavy atom. The summed E-state index contributed by atoms with van der Waals surface area (Å²) in [7, 11) is 0. The third-order valence-electron chi connectivity index (χ3n) is 5.71. The second-order valence-electron chi connectivity index (χ2n) is 8.85. The maximum atomic E-state index is 11.9. The van der Waals surface area contributed by atoms with Gasteiger partial charge in [-0.15, -0.1) is 0 Å². The van der Waals surface area contributed by atoms with E-state index in [0.717, 1.165) is 51.4 Å². The second-order valence-corrected chi connectivity index (χ2v) is 10.0. The van der Waals surface area contributed by atoms with Gasteiger partial charge in [0.2, 0.25) is 0 Å². The van der Waals surface area contributed by atoms with E-state index in [1.165, 1.54) is 57.1 Å². The molecule has 1 aromatic rings. The Balaban J connectivity index is 1.90. The molecule has 0 fully saturated rings. The van der Waals surface area contributed by atoms with Crippen molar-refractivity contribution in [3.8, 4) is 5.75 Å². The van der Waals surface area contributed by atoms with Crippen LogP contribution < -0.4 is 4.74 Å². The fraction of sp³-hybridized carbons (Fsp3) is 0.704. The number of hydrogen-bond acceptors (Lipinski definition) is 4. The lowest BCUT2D eigenvalue weighted by atomic mass is 10.1. The van der Waals surface area contributed by atoms with Crippen molar-refractivity contribution in [2.24, 2.45) is 0 Å². The van der Waals surface area contributed by atoms with Crippen molar-refractivity contribution in [2.45, 2.75) is 116 Å². The average Bonchev–Trinajstić information content (AvgIpc) is 2.80. The molecular weight excluding hydrogens is 495 g/mol. The molecule has 0 amide bonds. The third-order valence-corrected chi connectivity index (χ3v) is 6.91. The Morgan fingerprint density at radius 1 is 0.647 bits per heavy atom. The van der Waals surface area contributed by atoms with Crippen LogP contribution in [0.5, 0.6) is 5.75 Å². The summed E-state index contributed by atoms with van der Waals surface area (Å²) in [5, 5.41) is 0.754. The molecular formula is C27H41Cl3O4. The van der Waals surface area contributed by atoms with Gasteiger partial charge in [0.15, 0.2) is 0 Å². The quantitative estimate of drug-likeness (QED) is 0.0721. The van der Waals surface area contributed by atoms with E-state index in [-0.39, 0.29) is 27.0 Å². The number of rotatable bonds is 20. The first-order valence-electron chi connectivity index (χ1n) is 12.9. The molecule has 1 aromatic carbocycles. The molecule has 0 aliphatic carbocycles. The fourth-order valence-electron chi connectivity index (χ4n) is 3.69. The zero-order valence-electron chi connectivity index (χ0n) is 20.6. The number of halogens is 3. The Bertz CT molecular complexity index is 686. The van der Waals surface area contributed by atoms with E-state index >= 15 is 0 Å². The molecule has 7 heteroatoms. The highest BCUT2D eigenvalue weighted by Crippen LogP contribution is 2.34. The molecule has 0 saturated carbocycles. The molecule has 1 rings (SSSR count). The van der Waals surface area contributed by atoms with Gasteiger partial charge < -0.3 is 9.47 Å². The van der Waals surface area contributed by atoms with Crippen molar-refractivity contribution >= 4 is 46.7 Å². The van der Waals surface area contributed by atoms with Crippen molar-refractivity contribution in [3.05, 3.63) is 27.2 Å². The topological polar surface area (TPSA) is 52.6 Å². The number of ether oxygens (including phenoxy) is 2. The minimum Gasteiger partial charge on any atom is -0.466 e. The van der Waals surface area contributed by atoms with Crippen LogP contribution in [0, 0.1) is 0 Å². The molecule has 194 valence electrons. The maximum absolute atomic E-state index is 11.9. The van der Waals surface area contributed by atoms with Gasteiger partial charge in [0, 0.05) is 25.0 Å². The van der Waals surface area contributed by atoms with E-state index < -0.39 is 0 Å². The van der Waals surface area contributed by atoms with Crippen LogP contribution in [0.25, 0.3) is 0 Å². The minimum absolute atomic E-state index is 0.0790. The van der Waals surface area contributed by atoms with Crippen molar-refractivity contribution in [2.75, 3.05) is 6.61 Å². The van der Waals surface area contributed by atoms with Crippen LogP contribution in [-0.2, 0) is 14.3 Å². The summed E-state index contributed by atoms with van der Waals surface area (Å²) in [4.78, 5) is 23.7. The van der Waals surface area contributed by atoms with Gasteiger partial charge in [-0.3, -0.25) is 9.59 Å². The van der Waals surface area contributed by atoms with Crippen LogP contribution in [-0.4, -0.2) is 18.5 Å². The zero-order chi connectivity index (χ0) is 25.0. The summed E-state index contributed by atoms with van der Waals surface area (Å²) in [5.74, 6) is -0.0945. The lowest BCUT2D eigenvalue weighted by Crippen LogP contribution is -2.07. The predicted octanol–water partition coefficient (Wildman–Crippen LogP) is 9.75. The van der Waals surface area contributed by atoms with Crippen LogP contribution in [0.15, 0.2) is 12.1 Å². The van der Waals surface area contributed by atoms with Gasteiger partial charge in [-0.2, -0.15) is 0 Å². The maximum Gasteiger partial charge on any atom is 0.311 e. The van der Waals surface area contributed by atoms with E-state index in [9.17, 15) is 9.59 Å². The SMILES string of the molecule is CCCCCCCCCCCOC(=O)CCCCCCCCC(=O)Oc1cc(Cl)c(Cl)c(Cl)c1. The Hall–Kier alpha value is -0.970. The van der Waals surface area contributed by atoms with Gasteiger partial charge >= 0.3 is 11.9 Å². The largest absolute Gasteiger partial charge is 0.466 e. The first-order chi connectivity index (χ1) is 16.4. The summed E-state index contributed by atoms with van der Waals surface area (Å²) in [6.07, 6.45) is 17.8. The molecule has 0 atom stereocenters. The Kier molecular flexibility index (Phi) is 18.5. The van der Waals surface area contributed by atoms with Crippen LogP contribution in [0.2, 0.25) is 15.1 Å². The van der Waals surface area contributed by atoms with E-state index in [0.29, 0.717) is 25.2 Å². The highest BCUT2D eigenvalue weighted by molar-refractivity contribution is 6.48.